The van der Waals surface area contributed by atoms with Crippen molar-refractivity contribution >= 4 is 28.3 Å². The predicted molar refractivity (Wildman–Crippen MR) is 103 cm³/mol. The lowest BCUT2D eigenvalue weighted by atomic mass is 10.0. The van der Waals surface area contributed by atoms with Gasteiger partial charge in [-0.1, -0.05) is 17.7 Å². The Kier molecular flexibility index (Phi) is 3.89. The molecule has 4 aromatic rings. The number of aromatic nitrogens is 4. The number of rotatable bonds is 2. The topological polar surface area (TPSA) is 86.7 Å². The van der Waals surface area contributed by atoms with Crippen molar-refractivity contribution in [1.82, 2.24) is 19.5 Å². The molecule has 26 heavy (non-hydrogen) atoms. The first kappa shape index (κ1) is 16.2. The third-order valence-corrected chi connectivity index (χ3v) is 4.39. The van der Waals surface area contributed by atoms with Crippen LogP contribution in [0.25, 0.3) is 33.4 Å². The van der Waals surface area contributed by atoms with E-state index in [1.807, 2.05) is 18.2 Å². The van der Waals surface area contributed by atoms with Crippen molar-refractivity contribution in [3.8, 4) is 22.5 Å². The number of nitrogens with two attached hydrogens (primary N) is 1. The molecular weight excluding hydrogens is 350 g/mol. The van der Waals surface area contributed by atoms with Crippen LogP contribution in [0.1, 0.15) is 0 Å². The molecule has 0 spiro atoms. The molecule has 2 N–H and O–H groups in total. The summed E-state index contributed by atoms with van der Waals surface area (Å²) < 4.78 is 1.49. The number of fused-ring (bicyclic) bond motifs is 1. The minimum Gasteiger partial charge on any atom is -0.382 e. The highest BCUT2D eigenvalue weighted by Gasteiger charge is 2.16. The van der Waals surface area contributed by atoms with Gasteiger partial charge in [-0.25, -0.2) is 4.98 Å². The van der Waals surface area contributed by atoms with Crippen LogP contribution in [0.5, 0.6) is 0 Å². The van der Waals surface area contributed by atoms with Gasteiger partial charge in [0.25, 0.3) is 5.56 Å². The normalized spacial score (nSPS) is 11.0. The SMILES string of the molecule is Cn1cccc(-c2nc(N)cnc2-c2cc(Cl)c3ncccc3c2)c1=O. The van der Waals surface area contributed by atoms with E-state index in [1.54, 1.807) is 37.6 Å². The summed E-state index contributed by atoms with van der Waals surface area (Å²) in [5.41, 5.74) is 8.48. The van der Waals surface area contributed by atoms with Gasteiger partial charge >= 0.3 is 0 Å². The van der Waals surface area contributed by atoms with Gasteiger partial charge in [0, 0.05) is 30.4 Å². The molecule has 0 amide bonds. The van der Waals surface area contributed by atoms with Gasteiger partial charge in [-0.05, 0) is 30.3 Å². The average Bonchev–Trinajstić information content (AvgIpc) is 2.64. The number of halogens is 1. The van der Waals surface area contributed by atoms with Crippen molar-refractivity contribution in [3.05, 3.63) is 70.4 Å². The van der Waals surface area contributed by atoms with Crippen molar-refractivity contribution in [3.63, 3.8) is 0 Å². The van der Waals surface area contributed by atoms with E-state index in [2.05, 4.69) is 15.0 Å². The Morgan fingerprint density at radius 1 is 1.12 bits per heavy atom. The fraction of sp³-hybridized carbons (Fsp3) is 0.0526. The van der Waals surface area contributed by atoms with E-state index in [9.17, 15) is 4.79 Å². The lowest BCUT2D eigenvalue weighted by Crippen LogP contribution is -2.18. The van der Waals surface area contributed by atoms with Gasteiger partial charge in [0.15, 0.2) is 0 Å². The fourth-order valence-electron chi connectivity index (χ4n) is 2.86. The molecule has 0 radical (unpaired) electrons. The van der Waals surface area contributed by atoms with Crippen LogP contribution in [-0.2, 0) is 7.05 Å². The molecule has 3 aromatic heterocycles. The number of hydrogen-bond donors (Lipinski definition) is 1. The Labute approximate surface area is 153 Å². The molecule has 1 aromatic carbocycles. The van der Waals surface area contributed by atoms with Gasteiger partial charge in [0.05, 0.1) is 28.0 Å². The second kappa shape index (κ2) is 6.24. The largest absolute Gasteiger partial charge is 0.382 e. The highest BCUT2D eigenvalue weighted by Crippen LogP contribution is 2.33. The van der Waals surface area contributed by atoms with Gasteiger partial charge in [-0.15, -0.1) is 0 Å². The summed E-state index contributed by atoms with van der Waals surface area (Å²) in [6.07, 6.45) is 4.84. The van der Waals surface area contributed by atoms with Crippen molar-refractivity contribution in [2.24, 2.45) is 7.05 Å². The minimum absolute atomic E-state index is 0.179. The number of pyridine rings is 2. The van der Waals surface area contributed by atoms with Crippen LogP contribution in [0.2, 0.25) is 5.02 Å². The second-order valence-electron chi connectivity index (χ2n) is 5.86. The van der Waals surface area contributed by atoms with E-state index in [0.717, 1.165) is 10.9 Å². The van der Waals surface area contributed by atoms with Gasteiger partial charge in [-0.3, -0.25) is 14.8 Å². The summed E-state index contributed by atoms with van der Waals surface area (Å²) in [6, 6.07) is 10.9. The molecule has 0 aliphatic carbocycles. The number of aryl methyl sites for hydroxylation is 1. The number of nitrogens with zero attached hydrogens (tertiary/aromatic N) is 4. The molecule has 0 aliphatic rings. The maximum atomic E-state index is 12.6. The van der Waals surface area contributed by atoms with E-state index in [0.29, 0.717) is 27.5 Å². The molecule has 4 rings (SSSR count). The molecule has 0 saturated carbocycles. The average molecular weight is 364 g/mol. The molecule has 0 bridgehead atoms. The van der Waals surface area contributed by atoms with Crippen LogP contribution in [0.15, 0.2) is 59.8 Å². The van der Waals surface area contributed by atoms with Crippen LogP contribution < -0.4 is 11.3 Å². The second-order valence-corrected chi connectivity index (χ2v) is 6.27. The molecule has 0 unspecified atom stereocenters. The maximum Gasteiger partial charge on any atom is 0.259 e. The Morgan fingerprint density at radius 2 is 1.96 bits per heavy atom. The third kappa shape index (κ3) is 2.70. The van der Waals surface area contributed by atoms with Crippen molar-refractivity contribution in [2.45, 2.75) is 0 Å². The lowest BCUT2D eigenvalue weighted by molar-refractivity contribution is 0.861. The summed E-state index contributed by atoms with van der Waals surface area (Å²) in [7, 11) is 1.68. The fourth-order valence-corrected chi connectivity index (χ4v) is 3.14. The number of nitrogen functional groups attached to an aromatic ring is 1. The summed E-state index contributed by atoms with van der Waals surface area (Å²) in [4.78, 5) is 25.7. The van der Waals surface area contributed by atoms with E-state index in [4.69, 9.17) is 17.3 Å². The van der Waals surface area contributed by atoms with E-state index in [-0.39, 0.29) is 11.4 Å². The van der Waals surface area contributed by atoms with Crippen LogP contribution in [0.3, 0.4) is 0 Å². The highest BCUT2D eigenvalue weighted by molar-refractivity contribution is 6.35. The quantitative estimate of drug-likeness (QED) is 0.590. The summed E-state index contributed by atoms with van der Waals surface area (Å²) >= 11 is 6.40. The van der Waals surface area contributed by atoms with Crippen LogP contribution in [0, 0.1) is 0 Å². The zero-order valence-electron chi connectivity index (χ0n) is 13.8. The zero-order chi connectivity index (χ0) is 18.3. The van der Waals surface area contributed by atoms with Crippen LogP contribution in [-0.4, -0.2) is 19.5 Å². The number of hydrogen-bond acceptors (Lipinski definition) is 5. The first-order valence-corrected chi connectivity index (χ1v) is 8.25. The first-order chi connectivity index (χ1) is 12.5. The minimum atomic E-state index is -0.179. The third-order valence-electron chi connectivity index (χ3n) is 4.10. The monoisotopic (exact) mass is 363 g/mol. The molecule has 6 nitrogen and oxygen atoms in total. The Morgan fingerprint density at radius 3 is 2.81 bits per heavy atom. The van der Waals surface area contributed by atoms with Crippen molar-refractivity contribution in [1.29, 1.82) is 0 Å². The van der Waals surface area contributed by atoms with E-state index in [1.165, 1.54) is 10.8 Å². The molecule has 3 heterocycles. The van der Waals surface area contributed by atoms with E-state index < -0.39 is 0 Å². The van der Waals surface area contributed by atoms with Crippen LogP contribution >= 0.6 is 11.6 Å². The zero-order valence-corrected chi connectivity index (χ0v) is 14.6. The molecule has 0 saturated heterocycles. The van der Waals surface area contributed by atoms with Gasteiger partial charge in [-0.2, -0.15) is 0 Å². The first-order valence-electron chi connectivity index (χ1n) is 7.88. The predicted octanol–water partition coefficient (Wildman–Crippen LogP) is 3.29. The molecule has 0 fully saturated rings. The number of benzene rings is 1. The van der Waals surface area contributed by atoms with Gasteiger partial charge in [0.1, 0.15) is 11.5 Å². The standard InChI is InChI=1S/C19H14ClN5O/c1-25-7-3-5-13(19(25)26)18-17(23-10-15(21)24-18)12-8-11-4-2-6-22-16(11)14(20)9-12/h2-10H,1H3,(H2,21,24). The van der Waals surface area contributed by atoms with Crippen LogP contribution in [0.4, 0.5) is 5.82 Å². The van der Waals surface area contributed by atoms with Gasteiger partial charge < -0.3 is 10.3 Å². The molecule has 128 valence electrons. The van der Waals surface area contributed by atoms with Crippen molar-refractivity contribution < 1.29 is 0 Å². The molecule has 7 heteroatoms. The summed E-state index contributed by atoms with van der Waals surface area (Å²) in [5.74, 6) is 0.239. The van der Waals surface area contributed by atoms with Crippen molar-refractivity contribution in [2.75, 3.05) is 5.73 Å². The molecular formula is C19H14ClN5O. The van der Waals surface area contributed by atoms with Gasteiger partial charge in [0.2, 0.25) is 0 Å². The Balaban J connectivity index is 2.02. The lowest BCUT2D eigenvalue weighted by Gasteiger charge is -2.11. The Bertz CT molecular complexity index is 1200. The number of anilines is 1. The molecule has 0 atom stereocenters. The van der Waals surface area contributed by atoms with E-state index >= 15 is 0 Å². The summed E-state index contributed by atoms with van der Waals surface area (Å²) in [5, 5.41) is 1.38. The maximum absolute atomic E-state index is 12.6. The highest BCUT2D eigenvalue weighted by atomic mass is 35.5. The summed E-state index contributed by atoms with van der Waals surface area (Å²) in [6.45, 7) is 0. The molecule has 0 aliphatic heterocycles. The smallest absolute Gasteiger partial charge is 0.259 e. The Hall–Kier alpha value is -3.25.